The summed E-state index contributed by atoms with van der Waals surface area (Å²) in [5.74, 6) is 2.02. The van der Waals surface area contributed by atoms with Crippen molar-refractivity contribution >= 4 is 48.9 Å². The largest absolute Gasteiger partial charge is 0.305 e. The normalized spacial score (nSPS) is 12.5. The molecule has 1 amide bonds. The number of amides is 1. The number of carbonyl (C=O) groups excluding carboxylic acids is 1. The molecule has 0 spiro atoms. The Hall–Kier alpha value is -2.40. The third-order valence-corrected chi connectivity index (χ3v) is 7.55. The fourth-order valence-corrected chi connectivity index (χ4v) is 5.01. The zero-order valence-corrected chi connectivity index (χ0v) is 17.6. The first-order valence-corrected chi connectivity index (χ1v) is 11.1. The minimum atomic E-state index is -3.49. The van der Waals surface area contributed by atoms with Crippen LogP contribution >= 0.6 is 22.9 Å². The Balaban J connectivity index is 2.11. The van der Waals surface area contributed by atoms with Crippen LogP contribution in [-0.4, -0.2) is 24.1 Å². The first kappa shape index (κ1) is 20.3. The van der Waals surface area contributed by atoms with E-state index < -0.39 is 21.0 Å². The van der Waals surface area contributed by atoms with Gasteiger partial charge in [-0.2, -0.15) is 4.99 Å². The molecule has 0 radical (unpaired) electrons. The number of aromatic nitrogens is 1. The van der Waals surface area contributed by atoms with Crippen molar-refractivity contribution in [2.24, 2.45) is 4.99 Å². The van der Waals surface area contributed by atoms with Crippen LogP contribution in [0.3, 0.4) is 0 Å². The van der Waals surface area contributed by atoms with Gasteiger partial charge in [0.1, 0.15) is 0 Å². The molecule has 0 fully saturated rings. The summed E-state index contributed by atoms with van der Waals surface area (Å²) in [7, 11) is -3.49. The lowest BCUT2D eigenvalue weighted by molar-refractivity contribution is 0.0997. The van der Waals surface area contributed by atoms with E-state index in [0.717, 1.165) is 10.2 Å². The topological polar surface area (TPSA) is 68.5 Å². The summed E-state index contributed by atoms with van der Waals surface area (Å²) in [5, 5.41) is -0.00833. The predicted molar refractivity (Wildman–Crippen MR) is 112 cm³/mol. The van der Waals surface area contributed by atoms with E-state index in [2.05, 4.69) is 10.9 Å². The number of halogens is 1. The summed E-state index contributed by atoms with van der Waals surface area (Å²) in [5.41, 5.74) is 1.03. The first-order chi connectivity index (χ1) is 13.2. The number of benzene rings is 2. The van der Waals surface area contributed by atoms with E-state index >= 15 is 0 Å². The van der Waals surface area contributed by atoms with E-state index in [0.29, 0.717) is 9.82 Å². The van der Waals surface area contributed by atoms with Crippen LogP contribution in [0.2, 0.25) is 5.02 Å². The van der Waals surface area contributed by atoms with Gasteiger partial charge in [0.25, 0.3) is 5.91 Å². The van der Waals surface area contributed by atoms with Gasteiger partial charge >= 0.3 is 0 Å². The third kappa shape index (κ3) is 3.90. The highest BCUT2D eigenvalue weighted by Crippen LogP contribution is 2.22. The number of hydrogen-bond donors (Lipinski definition) is 0. The van der Waals surface area contributed by atoms with Crippen molar-refractivity contribution in [2.75, 3.05) is 0 Å². The molecule has 3 rings (SSSR count). The summed E-state index contributed by atoms with van der Waals surface area (Å²) in [6, 6.07) is 11.3. The SMILES string of the molecule is C#CCn1c(=NC(=O)c2cccc(S(=O)(=O)C(C)C)c2)sc2cc(Cl)ccc21. The highest BCUT2D eigenvalue weighted by Gasteiger charge is 2.20. The number of sulfone groups is 1. The highest BCUT2D eigenvalue weighted by atomic mass is 35.5. The molecule has 0 N–H and O–H groups in total. The number of carbonyl (C=O) groups is 1. The molecule has 0 saturated carbocycles. The van der Waals surface area contributed by atoms with Crippen LogP contribution in [0.25, 0.3) is 10.2 Å². The molecule has 0 saturated heterocycles. The maximum atomic E-state index is 12.7. The molecular formula is C20H17ClN2O3S2. The monoisotopic (exact) mass is 432 g/mol. The number of thiazole rings is 1. The van der Waals surface area contributed by atoms with Gasteiger partial charge in [0, 0.05) is 10.6 Å². The van der Waals surface area contributed by atoms with Crippen molar-refractivity contribution in [1.82, 2.24) is 4.57 Å². The Morgan fingerprint density at radius 2 is 2.04 bits per heavy atom. The van der Waals surface area contributed by atoms with Gasteiger partial charge in [-0.3, -0.25) is 4.79 Å². The van der Waals surface area contributed by atoms with Crippen LogP contribution in [0.4, 0.5) is 0 Å². The number of nitrogens with zero attached hydrogens (tertiary/aromatic N) is 2. The standard InChI is InChI=1S/C20H17ClN2O3S2/c1-4-10-23-17-9-8-15(21)12-18(17)27-20(23)22-19(24)14-6-5-7-16(11-14)28(25,26)13(2)3/h1,5-9,11-13H,10H2,2-3H3. The molecule has 2 aromatic carbocycles. The van der Waals surface area contributed by atoms with Gasteiger partial charge in [0.2, 0.25) is 0 Å². The summed E-state index contributed by atoms with van der Waals surface area (Å²) in [4.78, 5) is 17.4. The zero-order chi connectivity index (χ0) is 20.5. The van der Waals surface area contributed by atoms with Crippen molar-refractivity contribution < 1.29 is 13.2 Å². The van der Waals surface area contributed by atoms with Crippen LogP contribution in [0.1, 0.15) is 24.2 Å². The molecule has 3 aromatic rings. The number of terminal acetylenes is 1. The van der Waals surface area contributed by atoms with Crippen molar-refractivity contribution in [1.29, 1.82) is 0 Å². The Bertz CT molecular complexity index is 1280. The molecule has 0 aliphatic carbocycles. The molecule has 8 heteroatoms. The molecule has 5 nitrogen and oxygen atoms in total. The van der Waals surface area contributed by atoms with E-state index in [-0.39, 0.29) is 17.0 Å². The second kappa shape index (κ2) is 7.92. The smallest absolute Gasteiger partial charge is 0.279 e. The average Bonchev–Trinajstić information content (AvgIpc) is 2.98. The molecular weight excluding hydrogens is 416 g/mol. The van der Waals surface area contributed by atoms with Gasteiger partial charge in [-0.25, -0.2) is 8.42 Å². The molecule has 1 heterocycles. The second-order valence-corrected chi connectivity index (χ2v) is 10.3. The molecule has 0 aliphatic rings. The minimum absolute atomic E-state index is 0.100. The van der Waals surface area contributed by atoms with Crippen molar-refractivity contribution in [3.63, 3.8) is 0 Å². The molecule has 0 atom stereocenters. The summed E-state index contributed by atoms with van der Waals surface area (Å²) in [6.45, 7) is 3.44. The maximum absolute atomic E-state index is 12.7. The number of rotatable bonds is 4. The Labute approximate surface area is 172 Å². The summed E-state index contributed by atoms with van der Waals surface area (Å²) < 4.78 is 27.4. The van der Waals surface area contributed by atoms with Crippen LogP contribution in [0.5, 0.6) is 0 Å². The highest BCUT2D eigenvalue weighted by molar-refractivity contribution is 7.92. The zero-order valence-electron chi connectivity index (χ0n) is 15.2. The Kier molecular flexibility index (Phi) is 5.75. The van der Waals surface area contributed by atoms with E-state index in [1.54, 1.807) is 36.6 Å². The number of hydrogen-bond acceptors (Lipinski definition) is 4. The van der Waals surface area contributed by atoms with Crippen LogP contribution in [-0.2, 0) is 16.4 Å². The predicted octanol–water partition coefficient (Wildman–Crippen LogP) is 3.91. The first-order valence-electron chi connectivity index (χ1n) is 8.39. The van der Waals surface area contributed by atoms with E-state index in [1.807, 2.05) is 6.07 Å². The van der Waals surface area contributed by atoms with Gasteiger partial charge in [-0.15, -0.1) is 6.42 Å². The fourth-order valence-electron chi connectivity index (χ4n) is 2.61. The van der Waals surface area contributed by atoms with Gasteiger partial charge in [0.15, 0.2) is 14.6 Å². The molecule has 144 valence electrons. The molecule has 0 unspecified atom stereocenters. The van der Waals surface area contributed by atoms with E-state index in [4.69, 9.17) is 18.0 Å². The quantitative estimate of drug-likeness (QED) is 0.587. The van der Waals surface area contributed by atoms with Gasteiger partial charge < -0.3 is 4.57 Å². The van der Waals surface area contributed by atoms with Crippen LogP contribution in [0, 0.1) is 12.3 Å². The maximum Gasteiger partial charge on any atom is 0.279 e. The van der Waals surface area contributed by atoms with Gasteiger partial charge in [-0.05, 0) is 50.2 Å². The summed E-state index contributed by atoms with van der Waals surface area (Å²) in [6.07, 6.45) is 5.46. The summed E-state index contributed by atoms with van der Waals surface area (Å²) >= 11 is 7.34. The lowest BCUT2D eigenvalue weighted by atomic mass is 10.2. The van der Waals surface area contributed by atoms with Crippen molar-refractivity contribution in [3.8, 4) is 12.3 Å². The van der Waals surface area contributed by atoms with Gasteiger partial charge in [0.05, 0.1) is 26.9 Å². The second-order valence-electron chi connectivity index (χ2n) is 6.33. The Morgan fingerprint density at radius 1 is 1.29 bits per heavy atom. The molecule has 0 bridgehead atoms. The molecule has 28 heavy (non-hydrogen) atoms. The van der Waals surface area contributed by atoms with Crippen LogP contribution < -0.4 is 4.80 Å². The van der Waals surface area contributed by atoms with Crippen molar-refractivity contribution in [2.45, 2.75) is 30.5 Å². The lowest BCUT2D eigenvalue weighted by Crippen LogP contribution is -2.17. The molecule has 0 aliphatic heterocycles. The lowest BCUT2D eigenvalue weighted by Gasteiger charge is -2.08. The van der Waals surface area contributed by atoms with E-state index in [9.17, 15) is 13.2 Å². The van der Waals surface area contributed by atoms with E-state index in [1.165, 1.54) is 29.5 Å². The van der Waals surface area contributed by atoms with Crippen LogP contribution in [0.15, 0.2) is 52.4 Å². The number of fused-ring (bicyclic) bond motifs is 1. The fraction of sp³-hybridized carbons (Fsp3) is 0.200. The molecule has 1 aromatic heterocycles. The van der Waals surface area contributed by atoms with Gasteiger partial charge in [-0.1, -0.05) is 34.9 Å². The van der Waals surface area contributed by atoms with Crippen molar-refractivity contribution in [3.05, 3.63) is 57.9 Å². The third-order valence-electron chi connectivity index (χ3n) is 4.12. The minimum Gasteiger partial charge on any atom is -0.305 e. The average molecular weight is 433 g/mol. The Morgan fingerprint density at radius 3 is 2.71 bits per heavy atom.